The van der Waals surface area contributed by atoms with E-state index >= 15 is 0 Å². The maximum atomic E-state index is 12.4. The van der Waals surface area contributed by atoms with Crippen molar-refractivity contribution < 1.29 is 24.1 Å². The molecule has 0 atom stereocenters. The van der Waals surface area contributed by atoms with E-state index in [4.69, 9.17) is 14.2 Å². The molecule has 156 valence electrons. The normalized spacial score (nSPS) is 10.3. The molecule has 30 heavy (non-hydrogen) atoms. The van der Waals surface area contributed by atoms with E-state index in [2.05, 4.69) is 5.32 Å². The van der Waals surface area contributed by atoms with Crippen molar-refractivity contribution in [3.8, 4) is 23.0 Å². The number of aryl methyl sites for hydroxylation is 1. The number of carbonyl (C=O) groups excluding carboxylic acids is 1. The van der Waals surface area contributed by atoms with Crippen LogP contribution < -0.4 is 19.5 Å². The molecule has 0 aliphatic heterocycles. The Kier molecular flexibility index (Phi) is 7.16. The summed E-state index contributed by atoms with van der Waals surface area (Å²) in [6, 6.07) is 20.0. The molecule has 0 bridgehead atoms. The predicted octanol–water partition coefficient (Wildman–Crippen LogP) is 4.56. The summed E-state index contributed by atoms with van der Waals surface area (Å²) in [6.07, 6.45) is 0.794. The second kappa shape index (κ2) is 10.2. The summed E-state index contributed by atoms with van der Waals surface area (Å²) in [5, 5.41) is 12.8. The second-order valence-electron chi connectivity index (χ2n) is 6.68. The standard InChI is InChI=1S/C24H25NO5/c1-28-19-7-5-8-20(15-19)30-16-18-6-3-4-9-21(18)25-24(27)13-11-17-10-12-23(29-2)22(26)14-17/h3-10,12,14-15,26H,11,13,16H2,1-2H3,(H,25,27). The van der Waals surface area contributed by atoms with Crippen LogP contribution in [0.4, 0.5) is 5.69 Å². The van der Waals surface area contributed by atoms with Crippen LogP contribution >= 0.6 is 0 Å². The highest BCUT2D eigenvalue weighted by molar-refractivity contribution is 5.91. The van der Waals surface area contributed by atoms with Crippen molar-refractivity contribution >= 4 is 11.6 Å². The molecule has 0 fully saturated rings. The number of rotatable bonds is 9. The van der Waals surface area contributed by atoms with Crippen LogP contribution in [0.25, 0.3) is 0 Å². The van der Waals surface area contributed by atoms with Gasteiger partial charge in [0.1, 0.15) is 18.1 Å². The summed E-state index contributed by atoms with van der Waals surface area (Å²) < 4.78 is 16.1. The number of ether oxygens (including phenoxy) is 3. The van der Waals surface area contributed by atoms with Gasteiger partial charge < -0.3 is 24.6 Å². The highest BCUT2D eigenvalue weighted by Gasteiger charge is 2.09. The molecular formula is C24H25NO5. The first kappa shape index (κ1) is 21.0. The molecule has 3 rings (SSSR count). The quantitative estimate of drug-likeness (QED) is 0.544. The molecule has 6 nitrogen and oxygen atoms in total. The number of para-hydroxylation sites is 1. The maximum Gasteiger partial charge on any atom is 0.224 e. The lowest BCUT2D eigenvalue weighted by Crippen LogP contribution is -2.14. The van der Waals surface area contributed by atoms with E-state index in [-0.39, 0.29) is 18.1 Å². The molecule has 0 aliphatic rings. The van der Waals surface area contributed by atoms with Crippen molar-refractivity contribution in [3.05, 3.63) is 77.9 Å². The number of amides is 1. The van der Waals surface area contributed by atoms with Crippen LogP contribution in [0.15, 0.2) is 66.7 Å². The lowest BCUT2D eigenvalue weighted by atomic mass is 10.1. The fourth-order valence-electron chi connectivity index (χ4n) is 2.98. The van der Waals surface area contributed by atoms with Crippen molar-refractivity contribution in [2.45, 2.75) is 19.4 Å². The van der Waals surface area contributed by atoms with Gasteiger partial charge in [-0.2, -0.15) is 0 Å². The smallest absolute Gasteiger partial charge is 0.224 e. The van der Waals surface area contributed by atoms with Crippen LogP contribution in [0.1, 0.15) is 17.5 Å². The Balaban J connectivity index is 1.58. The molecule has 0 aliphatic carbocycles. The largest absolute Gasteiger partial charge is 0.504 e. The number of carbonyl (C=O) groups is 1. The molecule has 0 radical (unpaired) electrons. The fourth-order valence-corrected chi connectivity index (χ4v) is 2.98. The first-order chi connectivity index (χ1) is 14.6. The first-order valence-electron chi connectivity index (χ1n) is 9.59. The van der Waals surface area contributed by atoms with Gasteiger partial charge in [0.2, 0.25) is 5.91 Å². The van der Waals surface area contributed by atoms with Gasteiger partial charge in [0, 0.05) is 23.7 Å². The number of benzene rings is 3. The van der Waals surface area contributed by atoms with E-state index in [9.17, 15) is 9.90 Å². The maximum absolute atomic E-state index is 12.4. The third kappa shape index (κ3) is 5.67. The van der Waals surface area contributed by atoms with Crippen LogP contribution in [-0.4, -0.2) is 25.2 Å². The van der Waals surface area contributed by atoms with Gasteiger partial charge >= 0.3 is 0 Å². The minimum absolute atomic E-state index is 0.0652. The molecule has 1 amide bonds. The van der Waals surface area contributed by atoms with E-state index in [1.807, 2.05) is 54.6 Å². The fraction of sp³-hybridized carbons (Fsp3) is 0.208. The van der Waals surface area contributed by atoms with Gasteiger partial charge in [-0.15, -0.1) is 0 Å². The summed E-state index contributed by atoms with van der Waals surface area (Å²) in [4.78, 5) is 12.4. The Bertz CT molecular complexity index is 1000. The molecule has 2 N–H and O–H groups in total. The van der Waals surface area contributed by atoms with Gasteiger partial charge in [-0.05, 0) is 42.3 Å². The Morgan fingerprint density at radius 1 is 0.933 bits per heavy atom. The zero-order valence-corrected chi connectivity index (χ0v) is 17.1. The topological polar surface area (TPSA) is 77.0 Å². The number of anilines is 1. The van der Waals surface area contributed by atoms with Crippen LogP contribution in [-0.2, 0) is 17.8 Å². The second-order valence-corrected chi connectivity index (χ2v) is 6.68. The van der Waals surface area contributed by atoms with Crippen molar-refractivity contribution in [2.24, 2.45) is 0 Å². The Labute approximate surface area is 176 Å². The molecule has 0 aromatic heterocycles. The minimum atomic E-state index is -0.112. The Morgan fingerprint density at radius 2 is 1.73 bits per heavy atom. The van der Waals surface area contributed by atoms with Crippen molar-refractivity contribution in [2.75, 3.05) is 19.5 Å². The highest BCUT2D eigenvalue weighted by Crippen LogP contribution is 2.27. The zero-order valence-electron chi connectivity index (χ0n) is 17.1. The van der Waals surface area contributed by atoms with Crippen molar-refractivity contribution in [1.29, 1.82) is 0 Å². The van der Waals surface area contributed by atoms with E-state index in [0.29, 0.717) is 30.2 Å². The molecule has 0 saturated carbocycles. The number of phenolic OH excluding ortho intramolecular Hbond substituents is 1. The molecule has 0 heterocycles. The summed E-state index contributed by atoms with van der Waals surface area (Å²) in [5.41, 5.74) is 2.44. The van der Waals surface area contributed by atoms with Crippen LogP contribution in [0.5, 0.6) is 23.0 Å². The molecular weight excluding hydrogens is 382 g/mol. The van der Waals surface area contributed by atoms with Gasteiger partial charge in [0.15, 0.2) is 11.5 Å². The van der Waals surface area contributed by atoms with Crippen LogP contribution in [0, 0.1) is 0 Å². The number of methoxy groups -OCH3 is 2. The van der Waals surface area contributed by atoms with Gasteiger partial charge in [-0.25, -0.2) is 0 Å². The van der Waals surface area contributed by atoms with Crippen LogP contribution in [0.2, 0.25) is 0 Å². The Hall–Kier alpha value is -3.67. The molecule has 6 heteroatoms. The molecule has 3 aromatic carbocycles. The molecule has 0 unspecified atom stereocenters. The van der Waals surface area contributed by atoms with E-state index in [0.717, 1.165) is 16.9 Å². The SMILES string of the molecule is COc1cccc(OCc2ccccc2NC(=O)CCc2ccc(OC)c(O)c2)c1. The lowest BCUT2D eigenvalue weighted by molar-refractivity contribution is -0.116. The van der Waals surface area contributed by atoms with E-state index < -0.39 is 0 Å². The third-order valence-corrected chi connectivity index (χ3v) is 4.61. The zero-order chi connectivity index (χ0) is 21.3. The van der Waals surface area contributed by atoms with Crippen molar-refractivity contribution in [3.63, 3.8) is 0 Å². The monoisotopic (exact) mass is 407 g/mol. The average molecular weight is 407 g/mol. The van der Waals surface area contributed by atoms with Gasteiger partial charge in [-0.1, -0.05) is 30.3 Å². The summed E-state index contributed by atoms with van der Waals surface area (Å²) in [6.45, 7) is 0.315. The number of aromatic hydroxyl groups is 1. The Morgan fingerprint density at radius 3 is 2.50 bits per heavy atom. The van der Waals surface area contributed by atoms with Gasteiger partial charge in [0.25, 0.3) is 0 Å². The van der Waals surface area contributed by atoms with Crippen molar-refractivity contribution in [1.82, 2.24) is 0 Å². The predicted molar refractivity (Wildman–Crippen MR) is 115 cm³/mol. The molecule has 0 saturated heterocycles. The van der Waals surface area contributed by atoms with Gasteiger partial charge in [0.05, 0.1) is 14.2 Å². The first-order valence-corrected chi connectivity index (χ1v) is 9.59. The number of hydrogen-bond donors (Lipinski definition) is 2. The summed E-state index contributed by atoms with van der Waals surface area (Å²) in [5.74, 6) is 1.77. The lowest BCUT2D eigenvalue weighted by Gasteiger charge is -2.13. The molecule has 0 spiro atoms. The third-order valence-electron chi connectivity index (χ3n) is 4.61. The molecule has 3 aromatic rings. The van der Waals surface area contributed by atoms with E-state index in [1.165, 1.54) is 7.11 Å². The van der Waals surface area contributed by atoms with Crippen LogP contribution in [0.3, 0.4) is 0 Å². The number of phenols is 1. The number of hydrogen-bond acceptors (Lipinski definition) is 5. The number of nitrogens with one attached hydrogen (secondary N) is 1. The van der Waals surface area contributed by atoms with Gasteiger partial charge in [-0.3, -0.25) is 4.79 Å². The summed E-state index contributed by atoms with van der Waals surface area (Å²) >= 11 is 0. The average Bonchev–Trinajstić information content (AvgIpc) is 2.77. The minimum Gasteiger partial charge on any atom is -0.504 e. The summed E-state index contributed by atoms with van der Waals surface area (Å²) in [7, 11) is 3.11. The van der Waals surface area contributed by atoms with E-state index in [1.54, 1.807) is 19.2 Å². The highest BCUT2D eigenvalue weighted by atomic mass is 16.5.